The molecule has 2 saturated carbocycles. The van der Waals surface area contributed by atoms with Crippen molar-refractivity contribution in [1.82, 2.24) is 0 Å². The third-order valence-electron chi connectivity index (χ3n) is 4.23. The van der Waals surface area contributed by atoms with Crippen LogP contribution in [0.1, 0.15) is 44.9 Å². The summed E-state index contributed by atoms with van der Waals surface area (Å²) in [5, 5.41) is 10.2. The van der Waals surface area contributed by atoms with E-state index in [-0.39, 0.29) is 11.5 Å². The minimum atomic E-state index is -0.103. The van der Waals surface area contributed by atoms with Crippen molar-refractivity contribution >= 4 is 0 Å². The summed E-state index contributed by atoms with van der Waals surface area (Å²) in [5.74, 6) is 0.571. The molecule has 2 rings (SSSR count). The predicted octanol–water partition coefficient (Wildman–Crippen LogP) is 1.67. The minimum absolute atomic E-state index is 0.102. The fourth-order valence-electron chi connectivity index (χ4n) is 2.96. The molecule has 1 atom stereocenters. The molecule has 0 radical (unpaired) electrons. The van der Waals surface area contributed by atoms with Crippen LogP contribution in [0, 0.1) is 11.3 Å². The molecule has 3 N–H and O–H groups in total. The number of aliphatic hydroxyl groups is 1. The zero-order valence-electron chi connectivity index (χ0n) is 8.34. The summed E-state index contributed by atoms with van der Waals surface area (Å²) in [4.78, 5) is 0. The third-order valence-corrected chi connectivity index (χ3v) is 4.23. The van der Waals surface area contributed by atoms with E-state index < -0.39 is 0 Å². The molecule has 13 heavy (non-hydrogen) atoms. The lowest BCUT2D eigenvalue weighted by molar-refractivity contribution is -0.0378. The van der Waals surface area contributed by atoms with E-state index >= 15 is 0 Å². The van der Waals surface area contributed by atoms with E-state index in [9.17, 15) is 5.11 Å². The maximum absolute atomic E-state index is 10.2. The number of hydrogen-bond acceptors (Lipinski definition) is 2. The summed E-state index contributed by atoms with van der Waals surface area (Å²) in [6, 6.07) is 0. The van der Waals surface area contributed by atoms with Crippen molar-refractivity contribution in [3.63, 3.8) is 0 Å². The Morgan fingerprint density at radius 1 is 1.23 bits per heavy atom. The van der Waals surface area contributed by atoms with Gasteiger partial charge in [0, 0.05) is 12.0 Å². The SMILES string of the molecule is NCC1(C(O)C2CCC2)CCCC1. The van der Waals surface area contributed by atoms with Crippen LogP contribution in [0.15, 0.2) is 0 Å². The molecule has 2 aliphatic carbocycles. The fourth-order valence-corrected chi connectivity index (χ4v) is 2.96. The number of hydrogen-bond donors (Lipinski definition) is 2. The molecule has 2 fully saturated rings. The van der Waals surface area contributed by atoms with Gasteiger partial charge in [-0.1, -0.05) is 19.3 Å². The lowest BCUT2D eigenvalue weighted by Crippen LogP contribution is -2.45. The van der Waals surface area contributed by atoms with E-state index in [1.807, 2.05) is 0 Å². The highest BCUT2D eigenvalue weighted by atomic mass is 16.3. The highest BCUT2D eigenvalue weighted by Gasteiger charge is 2.44. The van der Waals surface area contributed by atoms with Gasteiger partial charge < -0.3 is 10.8 Å². The molecule has 0 amide bonds. The van der Waals surface area contributed by atoms with Crippen LogP contribution in [0.25, 0.3) is 0 Å². The normalized spacial score (nSPS) is 30.0. The quantitative estimate of drug-likeness (QED) is 0.699. The van der Waals surface area contributed by atoms with E-state index in [4.69, 9.17) is 5.73 Å². The number of nitrogens with two attached hydrogens (primary N) is 1. The van der Waals surface area contributed by atoms with Crippen molar-refractivity contribution < 1.29 is 5.11 Å². The largest absolute Gasteiger partial charge is 0.392 e. The van der Waals surface area contributed by atoms with Crippen molar-refractivity contribution in [2.75, 3.05) is 6.54 Å². The molecule has 0 aromatic carbocycles. The highest BCUT2D eigenvalue weighted by Crippen LogP contribution is 2.46. The molecule has 0 aromatic rings. The first-order valence-corrected chi connectivity index (χ1v) is 5.67. The molecule has 2 heteroatoms. The summed E-state index contributed by atoms with van der Waals surface area (Å²) >= 11 is 0. The fraction of sp³-hybridized carbons (Fsp3) is 1.00. The Morgan fingerprint density at radius 2 is 1.85 bits per heavy atom. The van der Waals surface area contributed by atoms with Gasteiger partial charge in [-0.2, -0.15) is 0 Å². The lowest BCUT2D eigenvalue weighted by Gasteiger charge is -2.41. The maximum Gasteiger partial charge on any atom is 0.0636 e. The first kappa shape index (κ1) is 9.47. The summed E-state index contributed by atoms with van der Waals surface area (Å²) < 4.78 is 0. The van der Waals surface area contributed by atoms with Crippen LogP contribution in [0.3, 0.4) is 0 Å². The van der Waals surface area contributed by atoms with Crippen LogP contribution >= 0.6 is 0 Å². The molecular formula is C11H21NO. The topological polar surface area (TPSA) is 46.2 Å². The zero-order valence-corrected chi connectivity index (χ0v) is 8.34. The second kappa shape index (κ2) is 3.58. The summed E-state index contributed by atoms with van der Waals surface area (Å²) in [6.07, 6.45) is 8.49. The Labute approximate surface area is 80.5 Å². The average molecular weight is 183 g/mol. The maximum atomic E-state index is 10.2. The molecule has 2 nitrogen and oxygen atoms in total. The van der Waals surface area contributed by atoms with Crippen LogP contribution in [0.5, 0.6) is 0 Å². The third kappa shape index (κ3) is 1.50. The smallest absolute Gasteiger partial charge is 0.0636 e. The molecule has 0 spiro atoms. The zero-order chi connectivity index (χ0) is 9.31. The van der Waals surface area contributed by atoms with E-state index in [0.29, 0.717) is 12.5 Å². The number of aliphatic hydroxyl groups excluding tert-OH is 1. The van der Waals surface area contributed by atoms with Gasteiger partial charge in [-0.25, -0.2) is 0 Å². The van der Waals surface area contributed by atoms with Crippen LogP contribution in [0.2, 0.25) is 0 Å². The van der Waals surface area contributed by atoms with Gasteiger partial charge in [-0.3, -0.25) is 0 Å². The average Bonchev–Trinajstić information content (AvgIpc) is 2.49. The van der Waals surface area contributed by atoms with E-state index in [2.05, 4.69) is 0 Å². The second-order valence-corrected chi connectivity index (χ2v) is 4.91. The molecule has 0 bridgehead atoms. The Kier molecular flexibility index (Phi) is 2.61. The molecule has 2 aliphatic rings. The standard InChI is InChI=1S/C11H21NO/c12-8-11(6-1-2-7-11)10(13)9-4-3-5-9/h9-10,13H,1-8,12H2. The van der Waals surface area contributed by atoms with Crippen LogP contribution < -0.4 is 5.73 Å². The molecular weight excluding hydrogens is 162 g/mol. The molecule has 0 heterocycles. The Morgan fingerprint density at radius 3 is 2.23 bits per heavy atom. The van der Waals surface area contributed by atoms with E-state index in [1.54, 1.807) is 0 Å². The Bertz CT molecular complexity index is 171. The predicted molar refractivity (Wildman–Crippen MR) is 53.3 cm³/mol. The monoisotopic (exact) mass is 183 g/mol. The molecule has 0 saturated heterocycles. The van der Waals surface area contributed by atoms with Gasteiger partial charge in [0.2, 0.25) is 0 Å². The first-order chi connectivity index (χ1) is 6.28. The van der Waals surface area contributed by atoms with E-state index in [0.717, 1.165) is 12.8 Å². The molecule has 0 aromatic heterocycles. The lowest BCUT2D eigenvalue weighted by atomic mass is 9.68. The summed E-state index contributed by atoms with van der Waals surface area (Å²) in [6.45, 7) is 0.685. The van der Waals surface area contributed by atoms with Gasteiger partial charge in [-0.05, 0) is 31.6 Å². The van der Waals surface area contributed by atoms with Gasteiger partial charge in [0.25, 0.3) is 0 Å². The van der Waals surface area contributed by atoms with Crippen LogP contribution in [-0.4, -0.2) is 17.8 Å². The Balaban J connectivity index is 2.01. The highest BCUT2D eigenvalue weighted by molar-refractivity contribution is 4.96. The number of rotatable bonds is 3. The van der Waals surface area contributed by atoms with Gasteiger partial charge >= 0.3 is 0 Å². The van der Waals surface area contributed by atoms with Gasteiger partial charge in [0.1, 0.15) is 0 Å². The van der Waals surface area contributed by atoms with Crippen molar-refractivity contribution in [2.45, 2.75) is 51.0 Å². The van der Waals surface area contributed by atoms with Crippen molar-refractivity contribution in [3.05, 3.63) is 0 Å². The summed E-state index contributed by atoms with van der Waals surface area (Å²) in [7, 11) is 0. The molecule has 76 valence electrons. The van der Waals surface area contributed by atoms with Crippen molar-refractivity contribution in [3.8, 4) is 0 Å². The minimum Gasteiger partial charge on any atom is -0.392 e. The molecule has 1 unspecified atom stereocenters. The Hall–Kier alpha value is -0.0800. The van der Waals surface area contributed by atoms with Gasteiger partial charge in [-0.15, -0.1) is 0 Å². The van der Waals surface area contributed by atoms with Gasteiger partial charge in [0.15, 0.2) is 0 Å². The van der Waals surface area contributed by atoms with E-state index in [1.165, 1.54) is 32.1 Å². The summed E-state index contributed by atoms with van der Waals surface area (Å²) in [5.41, 5.74) is 5.93. The second-order valence-electron chi connectivity index (χ2n) is 4.91. The molecule has 0 aliphatic heterocycles. The van der Waals surface area contributed by atoms with Crippen LogP contribution in [0.4, 0.5) is 0 Å². The first-order valence-electron chi connectivity index (χ1n) is 5.67. The van der Waals surface area contributed by atoms with Crippen LogP contribution in [-0.2, 0) is 0 Å². The van der Waals surface area contributed by atoms with Crippen molar-refractivity contribution in [1.29, 1.82) is 0 Å². The van der Waals surface area contributed by atoms with Gasteiger partial charge in [0.05, 0.1) is 6.10 Å². The van der Waals surface area contributed by atoms with Crippen molar-refractivity contribution in [2.24, 2.45) is 17.1 Å².